The molecule has 1 rings (SSSR count). The monoisotopic (exact) mass is 298 g/mol. The van der Waals surface area contributed by atoms with Crippen LogP contribution in [0.5, 0.6) is 0 Å². The quantitative estimate of drug-likeness (QED) is 0.643. The number of carbonyl (C=O) groups is 1. The molecule has 0 saturated heterocycles. The van der Waals surface area contributed by atoms with Gasteiger partial charge in [-0.05, 0) is 19.8 Å². The zero-order chi connectivity index (χ0) is 16.3. The van der Waals surface area contributed by atoms with E-state index < -0.39 is 28.0 Å². The highest BCUT2D eigenvalue weighted by Crippen LogP contribution is 2.33. The topological polar surface area (TPSA) is 83.7 Å². The Labute approximate surface area is 122 Å². The van der Waals surface area contributed by atoms with Crippen molar-refractivity contribution in [3.05, 3.63) is 33.6 Å². The number of anilines is 1. The van der Waals surface area contributed by atoms with Crippen molar-refractivity contribution in [3.63, 3.8) is 0 Å². The van der Waals surface area contributed by atoms with Gasteiger partial charge in [-0.1, -0.05) is 13.8 Å². The van der Waals surface area contributed by atoms with Gasteiger partial charge in [-0.25, -0.2) is 9.18 Å². The number of aromatic carboxylic acids is 1. The summed E-state index contributed by atoms with van der Waals surface area (Å²) in [6.07, 6.45) is 0. The van der Waals surface area contributed by atoms with Crippen molar-refractivity contribution < 1.29 is 19.2 Å². The molecule has 0 atom stereocenters. The molecule has 1 N–H and O–H groups in total. The molecule has 0 radical (unpaired) electrons. The predicted octanol–water partition coefficient (Wildman–Crippen LogP) is 3.30. The average molecular weight is 298 g/mol. The molecule has 1 aromatic rings. The number of carboxylic acid groups (broad SMARTS) is 1. The van der Waals surface area contributed by atoms with Crippen LogP contribution >= 0.6 is 0 Å². The summed E-state index contributed by atoms with van der Waals surface area (Å²) >= 11 is 0. The molecule has 0 spiro atoms. The second-order valence-electron chi connectivity index (χ2n) is 5.52. The largest absolute Gasteiger partial charge is 0.478 e. The van der Waals surface area contributed by atoms with Crippen LogP contribution in [0.25, 0.3) is 0 Å². The number of benzene rings is 1. The first-order valence-electron chi connectivity index (χ1n) is 6.63. The number of nitrogens with zero attached hydrogens (tertiary/aromatic N) is 2. The van der Waals surface area contributed by atoms with Gasteiger partial charge in [-0.15, -0.1) is 0 Å². The number of nitro groups is 1. The van der Waals surface area contributed by atoms with E-state index in [0.29, 0.717) is 6.54 Å². The van der Waals surface area contributed by atoms with Crippen LogP contribution < -0.4 is 4.90 Å². The maximum atomic E-state index is 13.9. The fourth-order valence-electron chi connectivity index (χ4n) is 2.07. The van der Waals surface area contributed by atoms with Crippen LogP contribution in [0.2, 0.25) is 0 Å². The highest BCUT2D eigenvalue weighted by molar-refractivity contribution is 5.90. The van der Waals surface area contributed by atoms with Crippen molar-refractivity contribution in [2.24, 2.45) is 5.92 Å². The summed E-state index contributed by atoms with van der Waals surface area (Å²) in [6.45, 7) is 8.08. The van der Waals surface area contributed by atoms with Crippen molar-refractivity contribution in [2.75, 3.05) is 11.4 Å². The lowest BCUT2D eigenvalue weighted by molar-refractivity contribution is -0.384. The van der Waals surface area contributed by atoms with Gasteiger partial charge in [-0.2, -0.15) is 0 Å². The van der Waals surface area contributed by atoms with Gasteiger partial charge in [0.1, 0.15) is 17.1 Å². The predicted molar refractivity (Wildman–Crippen MR) is 77.3 cm³/mol. The molecule has 0 amide bonds. The van der Waals surface area contributed by atoms with Gasteiger partial charge >= 0.3 is 5.97 Å². The molecular weight excluding hydrogens is 279 g/mol. The van der Waals surface area contributed by atoms with Gasteiger partial charge in [0.15, 0.2) is 0 Å². The van der Waals surface area contributed by atoms with Crippen molar-refractivity contribution in [1.82, 2.24) is 0 Å². The van der Waals surface area contributed by atoms with Crippen molar-refractivity contribution in [3.8, 4) is 0 Å². The molecule has 0 aliphatic carbocycles. The number of halogens is 1. The van der Waals surface area contributed by atoms with Crippen molar-refractivity contribution >= 4 is 17.3 Å². The van der Waals surface area contributed by atoms with Crippen LogP contribution in [0, 0.1) is 21.8 Å². The first-order chi connectivity index (χ1) is 9.65. The third-order valence-electron chi connectivity index (χ3n) is 2.99. The van der Waals surface area contributed by atoms with Gasteiger partial charge in [0.2, 0.25) is 0 Å². The normalized spacial score (nSPS) is 11.0. The van der Waals surface area contributed by atoms with Gasteiger partial charge < -0.3 is 10.0 Å². The summed E-state index contributed by atoms with van der Waals surface area (Å²) in [6, 6.07) is 1.63. The third kappa shape index (κ3) is 3.90. The number of hydrogen-bond donors (Lipinski definition) is 1. The van der Waals surface area contributed by atoms with E-state index in [1.54, 1.807) is 4.90 Å². The van der Waals surface area contributed by atoms with Crippen LogP contribution in [-0.2, 0) is 0 Å². The maximum absolute atomic E-state index is 13.9. The first kappa shape index (κ1) is 16.9. The second kappa shape index (κ2) is 6.51. The van der Waals surface area contributed by atoms with E-state index in [9.17, 15) is 19.3 Å². The molecule has 116 valence electrons. The third-order valence-corrected chi connectivity index (χ3v) is 2.99. The smallest absolute Gasteiger partial charge is 0.338 e. The summed E-state index contributed by atoms with van der Waals surface area (Å²) in [4.78, 5) is 23.1. The van der Waals surface area contributed by atoms with E-state index in [4.69, 9.17) is 5.11 Å². The Kier molecular flexibility index (Phi) is 5.23. The van der Waals surface area contributed by atoms with Crippen LogP contribution in [0.1, 0.15) is 38.1 Å². The molecule has 0 unspecified atom stereocenters. The first-order valence-corrected chi connectivity index (χ1v) is 6.63. The van der Waals surface area contributed by atoms with Gasteiger partial charge in [0, 0.05) is 24.7 Å². The Balaban J connectivity index is 3.48. The van der Waals surface area contributed by atoms with Crippen molar-refractivity contribution in [2.45, 2.75) is 33.7 Å². The number of carboxylic acids is 1. The summed E-state index contributed by atoms with van der Waals surface area (Å²) in [5, 5.41) is 20.1. The lowest BCUT2D eigenvalue weighted by Crippen LogP contribution is -2.34. The standard InChI is InChI=1S/C14H19FN2O4/c1-8(2)7-16(9(3)4)12-6-11(15)10(14(18)19)5-13(12)17(20)21/h5-6,8-9H,7H2,1-4H3,(H,18,19). The molecule has 0 aliphatic heterocycles. The minimum atomic E-state index is -1.53. The van der Waals surface area contributed by atoms with E-state index in [2.05, 4.69) is 0 Å². The zero-order valence-corrected chi connectivity index (χ0v) is 12.5. The van der Waals surface area contributed by atoms with Gasteiger partial charge in [0.25, 0.3) is 5.69 Å². The van der Waals surface area contributed by atoms with E-state index >= 15 is 0 Å². The molecular formula is C14H19FN2O4. The zero-order valence-electron chi connectivity index (χ0n) is 12.5. The maximum Gasteiger partial charge on any atom is 0.338 e. The molecule has 0 aliphatic rings. The minimum Gasteiger partial charge on any atom is -0.478 e. The van der Waals surface area contributed by atoms with E-state index in [1.165, 1.54) is 0 Å². The molecule has 6 nitrogen and oxygen atoms in total. The van der Waals surface area contributed by atoms with Gasteiger partial charge in [-0.3, -0.25) is 10.1 Å². The lowest BCUT2D eigenvalue weighted by atomic mass is 10.1. The van der Waals surface area contributed by atoms with Gasteiger partial charge in [0.05, 0.1) is 4.92 Å². The Hall–Kier alpha value is -2.18. The molecule has 0 saturated carbocycles. The number of rotatable bonds is 6. The second-order valence-corrected chi connectivity index (χ2v) is 5.52. The summed E-state index contributed by atoms with van der Waals surface area (Å²) in [7, 11) is 0. The van der Waals surface area contributed by atoms with E-state index in [-0.39, 0.29) is 17.6 Å². The van der Waals surface area contributed by atoms with E-state index in [1.807, 2.05) is 27.7 Å². The fourth-order valence-corrected chi connectivity index (χ4v) is 2.07. The molecule has 0 fully saturated rings. The molecule has 1 aromatic carbocycles. The highest BCUT2D eigenvalue weighted by Gasteiger charge is 2.26. The minimum absolute atomic E-state index is 0.0822. The average Bonchev–Trinajstić information content (AvgIpc) is 2.34. The molecule has 21 heavy (non-hydrogen) atoms. The molecule has 0 bridgehead atoms. The fraction of sp³-hybridized carbons (Fsp3) is 0.500. The Morgan fingerprint density at radius 1 is 1.38 bits per heavy atom. The van der Waals surface area contributed by atoms with E-state index in [0.717, 1.165) is 12.1 Å². The lowest BCUT2D eigenvalue weighted by Gasteiger charge is -2.30. The van der Waals surface area contributed by atoms with Crippen LogP contribution in [0.3, 0.4) is 0 Å². The highest BCUT2D eigenvalue weighted by atomic mass is 19.1. The number of nitro benzene ring substituents is 1. The summed E-state index contributed by atoms with van der Waals surface area (Å²) in [5.41, 5.74) is -0.993. The van der Waals surface area contributed by atoms with Crippen LogP contribution in [0.4, 0.5) is 15.8 Å². The van der Waals surface area contributed by atoms with Crippen LogP contribution in [0.15, 0.2) is 12.1 Å². The Bertz CT molecular complexity index is 558. The molecule has 7 heteroatoms. The summed E-state index contributed by atoms with van der Waals surface area (Å²) < 4.78 is 13.9. The van der Waals surface area contributed by atoms with Crippen LogP contribution in [-0.4, -0.2) is 28.6 Å². The molecule has 0 heterocycles. The summed E-state index contributed by atoms with van der Waals surface area (Å²) in [5.74, 6) is -2.28. The van der Waals surface area contributed by atoms with Crippen molar-refractivity contribution in [1.29, 1.82) is 0 Å². The molecule has 0 aromatic heterocycles. The Morgan fingerprint density at radius 2 is 1.95 bits per heavy atom. The SMILES string of the molecule is CC(C)CN(c1cc(F)c(C(=O)O)cc1[N+](=O)[O-])C(C)C. The Morgan fingerprint density at radius 3 is 2.33 bits per heavy atom. The number of hydrogen-bond acceptors (Lipinski definition) is 4.